The third-order valence-electron chi connectivity index (χ3n) is 3.36. The topological polar surface area (TPSA) is 17.0 Å². The lowest BCUT2D eigenvalue weighted by atomic mass is 10.2. The lowest BCUT2D eigenvalue weighted by Gasteiger charge is -2.09. The molecule has 0 unspecified atom stereocenters. The number of aryl methyl sites for hydroxylation is 1. The first-order valence-corrected chi connectivity index (χ1v) is 6.69. The maximum atomic E-state index is 13.6. The van der Waals surface area contributed by atoms with E-state index >= 15 is 0 Å². The van der Waals surface area contributed by atoms with Gasteiger partial charge in [0, 0.05) is 31.0 Å². The molecule has 0 aliphatic carbocycles. The molecule has 1 aromatic carbocycles. The van der Waals surface area contributed by atoms with Gasteiger partial charge in [0.1, 0.15) is 11.6 Å². The Balaban J connectivity index is 2.19. The average molecular weight is 329 g/mol. The number of aromatic nitrogens is 1. The van der Waals surface area contributed by atoms with Gasteiger partial charge in [-0.1, -0.05) is 0 Å². The first-order valence-electron chi connectivity index (χ1n) is 5.90. The summed E-state index contributed by atoms with van der Waals surface area (Å²) in [6.07, 6.45) is 0. The van der Waals surface area contributed by atoms with E-state index in [9.17, 15) is 8.78 Å². The van der Waals surface area contributed by atoms with Crippen LogP contribution in [0.1, 0.15) is 17.0 Å². The molecule has 1 N–H and O–H groups in total. The maximum absolute atomic E-state index is 13.6. The highest BCUT2D eigenvalue weighted by atomic mass is 79.9. The van der Waals surface area contributed by atoms with Crippen molar-refractivity contribution >= 4 is 21.6 Å². The highest BCUT2D eigenvalue weighted by molar-refractivity contribution is 9.10. The van der Waals surface area contributed by atoms with Gasteiger partial charge in [-0.3, -0.25) is 0 Å². The van der Waals surface area contributed by atoms with Crippen molar-refractivity contribution in [3.8, 4) is 0 Å². The van der Waals surface area contributed by atoms with Crippen molar-refractivity contribution in [3.05, 3.63) is 51.3 Å². The predicted octanol–water partition coefficient (Wildman–Crippen LogP) is 4.29. The van der Waals surface area contributed by atoms with Crippen LogP contribution in [0.15, 0.2) is 22.7 Å². The Labute approximate surface area is 119 Å². The number of hydrogen-bond acceptors (Lipinski definition) is 1. The van der Waals surface area contributed by atoms with Gasteiger partial charge in [-0.25, -0.2) is 8.78 Å². The molecule has 0 bridgehead atoms. The molecule has 2 nitrogen and oxygen atoms in total. The molecule has 2 aromatic rings. The summed E-state index contributed by atoms with van der Waals surface area (Å²) in [7, 11) is 1.99. The van der Waals surface area contributed by atoms with Gasteiger partial charge in [0.15, 0.2) is 0 Å². The number of nitrogens with zero attached hydrogens (tertiary/aromatic N) is 1. The Morgan fingerprint density at radius 3 is 2.42 bits per heavy atom. The van der Waals surface area contributed by atoms with E-state index in [1.165, 1.54) is 6.07 Å². The van der Waals surface area contributed by atoms with Crippen molar-refractivity contribution in [1.29, 1.82) is 0 Å². The molecule has 0 aliphatic heterocycles. The van der Waals surface area contributed by atoms with Crippen molar-refractivity contribution in [2.45, 2.75) is 20.4 Å². The van der Waals surface area contributed by atoms with E-state index in [-0.39, 0.29) is 10.2 Å². The van der Waals surface area contributed by atoms with Gasteiger partial charge in [-0.15, -0.1) is 0 Å². The molecule has 1 aromatic heterocycles. The van der Waals surface area contributed by atoms with Gasteiger partial charge < -0.3 is 9.88 Å². The van der Waals surface area contributed by atoms with E-state index in [0.717, 1.165) is 23.0 Å². The van der Waals surface area contributed by atoms with Crippen LogP contribution in [0, 0.1) is 25.5 Å². The number of halogens is 3. The van der Waals surface area contributed by atoms with Crippen LogP contribution < -0.4 is 5.32 Å². The fourth-order valence-corrected chi connectivity index (χ4v) is 2.30. The van der Waals surface area contributed by atoms with Crippen LogP contribution in [0.3, 0.4) is 0 Å². The molecule has 102 valence electrons. The highest BCUT2D eigenvalue weighted by Gasteiger charge is 2.10. The smallest absolute Gasteiger partial charge is 0.149 e. The van der Waals surface area contributed by atoms with Crippen molar-refractivity contribution in [2.75, 3.05) is 5.32 Å². The van der Waals surface area contributed by atoms with Crippen molar-refractivity contribution in [2.24, 2.45) is 7.05 Å². The summed E-state index contributed by atoms with van der Waals surface area (Å²) in [5.74, 6) is -1.19. The van der Waals surface area contributed by atoms with Crippen LogP contribution in [0.5, 0.6) is 0 Å². The molecular weight excluding hydrogens is 314 g/mol. The zero-order valence-electron chi connectivity index (χ0n) is 11.0. The minimum atomic E-state index is -0.602. The minimum Gasteiger partial charge on any atom is -0.378 e. The van der Waals surface area contributed by atoms with Gasteiger partial charge in [0.25, 0.3) is 0 Å². The molecule has 2 rings (SSSR count). The SMILES string of the molecule is Cc1cc(CNc2cc(Br)c(F)cc2F)c(C)n1C. The molecule has 19 heavy (non-hydrogen) atoms. The molecule has 0 amide bonds. The molecule has 0 aliphatic rings. The van der Waals surface area contributed by atoms with Crippen molar-refractivity contribution in [1.82, 2.24) is 4.57 Å². The average Bonchev–Trinajstić information content (AvgIpc) is 2.60. The molecule has 0 spiro atoms. The molecule has 0 fully saturated rings. The molecule has 0 radical (unpaired) electrons. The summed E-state index contributed by atoms with van der Waals surface area (Å²) in [4.78, 5) is 0. The van der Waals surface area contributed by atoms with Gasteiger partial charge in [0.2, 0.25) is 0 Å². The Bertz CT molecular complexity index is 620. The highest BCUT2D eigenvalue weighted by Crippen LogP contribution is 2.24. The molecule has 5 heteroatoms. The van der Waals surface area contributed by atoms with Crippen LogP contribution >= 0.6 is 15.9 Å². The Morgan fingerprint density at radius 1 is 1.16 bits per heavy atom. The second kappa shape index (κ2) is 5.33. The Morgan fingerprint density at radius 2 is 1.84 bits per heavy atom. The van der Waals surface area contributed by atoms with Crippen molar-refractivity contribution < 1.29 is 8.78 Å². The number of anilines is 1. The largest absolute Gasteiger partial charge is 0.378 e. The summed E-state index contributed by atoms with van der Waals surface area (Å²) in [5, 5.41) is 2.99. The number of rotatable bonds is 3. The van der Waals surface area contributed by atoms with E-state index in [1.807, 2.05) is 20.9 Å². The fourth-order valence-electron chi connectivity index (χ4n) is 1.96. The lowest BCUT2D eigenvalue weighted by Crippen LogP contribution is -2.03. The molecule has 0 saturated heterocycles. The van der Waals surface area contributed by atoms with Crippen LogP contribution in [-0.2, 0) is 13.6 Å². The molecule has 0 saturated carbocycles. The number of nitrogens with one attached hydrogen (secondary N) is 1. The van der Waals surface area contributed by atoms with Gasteiger partial charge in [-0.05, 0) is 47.5 Å². The summed E-state index contributed by atoms with van der Waals surface area (Å²) in [6, 6.07) is 4.34. The normalized spacial score (nSPS) is 10.8. The summed E-state index contributed by atoms with van der Waals surface area (Å²) in [6.45, 7) is 4.54. The Kier molecular flexibility index (Phi) is 3.94. The standard InChI is InChI=1S/C14H15BrF2N2/c1-8-4-10(9(2)19(8)3)7-18-14-5-11(15)12(16)6-13(14)17/h4-6,18H,7H2,1-3H3. The quantitative estimate of drug-likeness (QED) is 0.831. The molecular formula is C14H15BrF2N2. The van der Waals surface area contributed by atoms with E-state index in [1.54, 1.807) is 0 Å². The summed E-state index contributed by atoms with van der Waals surface area (Å²) < 4.78 is 29.0. The van der Waals surface area contributed by atoms with Crippen LogP contribution in [-0.4, -0.2) is 4.57 Å². The van der Waals surface area contributed by atoms with Crippen LogP contribution in [0.25, 0.3) is 0 Å². The van der Waals surface area contributed by atoms with Gasteiger partial charge >= 0.3 is 0 Å². The molecule has 1 heterocycles. The summed E-state index contributed by atoms with van der Waals surface area (Å²) >= 11 is 3.05. The van der Waals surface area contributed by atoms with Crippen LogP contribution in [0.2, 0.25) is 0 Å². The van der Waals surface area contributed by atoms with Crippen molar-refractivity contribution in [3.63, 3.8) is 0 Å². The zero-order valence-corrected chi connectivity index (χ0v) is 12.6. The van der Waals surface area contributed by atoms with E-state index in [0.29, 0.717) is 6.54 Å². The monoisotopic (exact) mass is 328 g/mol. The number of benzene rings is 1. The van der Waals surface area contributed by atoms with E-state index in [2.05, 4.69) is 31.9 Å². The third-order valence-corrected chi connectivity index (χ3v) is 3.97. The minimum absolute atomic E-state index is 0.248. The first kappa shape index (κ1) is 14.1. The maximum Gasteiger partial charge on any atom is 0.149 e. The lowest BCUT2D eigenvalue weighted by molar-refractivity contribution is 0.580. The second-order valence-electron chi connectivity index (χ2n) is 4.56. The van der Waals surface area contributed by atoms with E-state index < -0.39 is 11.6 Å². The Hall–Kier alpha value is -1.36. The van der Waals surface area contributed by atoms with E-state index in [4.69, 9.17) is 0 Å². The number of hydrogen-bond donors (Lipinski definition) is 1. The third kappa shape index (κ3) is 2.81. The fraction of sp³-hybridized carbons (Fsp3) is 0.286. The summed E-state index contributed by atoms with van der Waals surface area (Å²) in [5.41, 5.74) is 3.66. The predicted molar refractivity (Wildman–Crippen MR) is 76.3 cm³/mol. The molecule has 0 atom stereocenters. The first-order chi connectivity index (χ1) is 8.90. The van der Waals surface area contributed by atoms with Gasteiger partial charge in [0.05, 0.1) is 10.2 Å². The van der Waals surface area contributed by atoms with Gasteiger partial charge in [-0.2, -0.15) is 0 Å². The zero-order chi connectivity index (χ0) is 14.2. The second-order valence-corrected chi connectivity index (χ2v) is 5.41. The van der Waals surface area contributed by atoms with Crippen LogP contribution in [0.4, 0.5) is 14.5 Å².